The molecule has 0 spiro atoms. The zero-order valence-electron chi connectivity index (χ0n) is 10.2. The summed E-state index contributed by atoms with van der Waals surface area (Å²) >= 11 is 0. The maximum atomic E-state index is 10.6. The Balaban J connectivity index is 2.16. The quantitative estimate of drug-likeness (QED) is 0.599. The van der Waals surface area contributed by atoms with E-state index in [9.17, 15) is 15.2 Å². The van der Waals surface area contributed by atoms with Gasteiger partial charge in [-0.25, -0.2) is 4.98 Å². The lowest BCUT2D eigenvalue weighted by molar-refractivity contribution is -0.384. The molecule has 7 heteroatoms. The Bertz CT molecular complexity index is 465. The maximum absolute atomic E-state index is 10.6. The largest absolute Gasteiger partial charge is 0.390 e. The van der Waals surface area contributed by atoms with Crippen molar-refractivity contribution in [3.05, 3.63) is 22.2 Å². The van der Waals surface area contributed by atoms with Crippen LogP contribution in [0.3, 0.4) is 0 Å². The Morgan fingerprint density at radius 1 is 1.50 bits per heavy atom. The third-order valence-electron chi connectivity index (χ3n) is 3.25. The number of rotatable bonds is 2. The number of piperidine rings is 1. The zero-order valence-corrected chi connectivity index (χ0v) is 10.2. The summed E-state index contributed by atoms with van der Waals surface area (Å²) in [5, 5.41) is 20.5. The van der Waals surface area contributed by atoms with E-state index in [2.05, 4.69) is 4.98 Å². The Morgan fingerprint density at radius 2 is 2.11 bits per heavy atom. The molecule has 0 aromatic carbocycles. The number of aromatic nitrogens is 1. The molecule has 1 saturated heterocycles. The van der Waals surface area contributed by atoms with Gasteiger partial charge in [0.1, 0.15) is 5.82 Å². The third kappa shape index (κ3) is 2.51. The smallest absolute Gasteiger partial charge is 0.311 e. The first kappa shape index (κ1) is 12.6. The number of aliphatic hydroxyl groups is 1. The van der Waals surface area contributed by atoms with Gasteiger partial charge in [-0.3, -0.25) is 10.1 Å². The van der Waals surface area contributed by atoms with Crippen LogP contribution in [0.4, 0.5) is 17.3 Å². The second kappa shape index (κ2) is 4.41. The van der Waals surface area contributed by atoms with Crippen LogP contribution in [0, 0.1) is 10.1 Å². The molecule has 1 aliphatic rings. The standard InChI is InChI=1S/C11H16N4O3/c1-11(16)4-6-14(7-5-11)9-3-2-8(15(17)18)10(12)13-9/h2-3,16H,4-7H2,1H3,(H2,12,13). The highest BCUT2D eigenvalue weighted by atomic mass is 16.6. The monoisotopic (exact) mass is 252 g/mol. The molecule has 0 saturated carbocycles. The van der Waals surface area contributed by atoms with E-state index in [1.165, 1.54) is 6.07 Å². The first-order chi connectivity index (χ1) is 8.39. The molecule has 1 aromatic heterocycles. The molecule has 2 heterocycles. The number of nitrogens with zero attached hydrogens (tertiary/aromatic N) is 3. The Kier molecular flexibility index (Phi) is 3.08. The molecular weight excluding hydrogens is 236 g/mol. The minimum absolute atomic E-state index is 0.0742. The second-order valence-corrected chi connectivity index (χ2v) is 4.81. The van der Waals surface area contributed by atoms with E-state index in [0.717, 1.165) is 0 Å². The van der Waals surface area contributed by atoms with E-state index in [0.29, 0.717) is 31.7 Å². The number of nitrogens with two attached hydrogens (primary N) is 1. The second-order valence-electron chi connectivity index (χ2n) is 4.81. The summed E-state index contributed by atoms with van der Waals surface area (Å²) in [7, 11) is 0. The van der Waals surface area contributed by atoms with Crippen LogP contribution >= 0.6 is 0 Å². The van der Waals surface area contributed by atoms with Gasteiger partial charge in [-0.15, -0.1) is 0 Å². The normalized spacial score (nSPS) is 18.7. The maximum Gasteiger partial charge on any atom is 0.311 e. The lowest BCUT2D eigenvalue weighted by atomic mass is 9.94. The fourth-order valence-electron chi connectivity index (χ4n) is 2.00. The Hall–Kier alpha value is -1.89. The number of pyridine rings is 1. The van der Waals surface area contributed by atoms with Crippen LogP contribution < -0.4 is 10.6 Å². The number of hydrogen-bond donors (Lipinski definition) is 2. The summed E-state index contributed by atoms with van der Waals surface area (Å²) in [6.45, 7) is 3.14. The van der Waals surface area contributed by atoms with Crippen molar-refractivity contribution in [2.24, 2.45) is 0 Å². The minimum atomic E-state index is -0.636. The van der Waals surface area contributed by atoms with Crippen LogP contribution in [0.15, 0.2) is 12.1 Å². The highest BCUT2D eigenvalue weighted by Gasteiger charge is 2.28. The number of nitro groups is 1. The van der Waals surface area contributed by atoms with Crippen LogP contribution in [0.5, 0.6) is 0 Å². The first-order valence-electron chi connectivity index (χ1n) is 5.77. The van der Waals surface area contributed by atoms with E-state index in [1.807, 2.05) is 11.8 Å². The Morgan fingerprint density at radius 3 is 2.61 bits per heavy atom. The summed E-state index contributed by atoms with van der Waals surface area (Å²) in [4.78, 5) is 16.1. The minimum Gasteiger partial charge on any atom is -0.390 e. The van der Waals surface area contributed by atoms with Gasteiger partial charge in [-0.1, -0.05) is 0 Å². The molecule has 18 heavy (non-hydrogen) atoms. The number of anilines is 2. The average molecular weight is 252 g/mol. The van der Waals surface area contributed by atoms with Crippen LogP contribution in [-0.2, 0) is 0 Å². The van der Waals surface area contributed by atoms with Crippen molar-refractivity contribution < 1.29 is 10.0 Å². The number of hydrogen-bond acceptors (Lipinski definition) is 6. The van der Waals surface area contributed by atoms with Crippen molar-refractivity contribution in [2.45, 2.75) is 25.4 Å². The molecule has 0 aliphatic carbocycles. The van der Waals surface area contributed by atoms with Gasteiger partial charge in [0.25, 0.3) is 0 Å². The molecule has 0 unspecified atom stereocenters. The molecule has 1 fully saturated rings. The van der Waals surface area contributed by atoms with Crippen molar-refractivity contribution >= 4 is 17.3 Å². The summed E-state index contributed by atoms with van der Waals surface area (Å²) in [6.07, 6.45) is 1.29. The van der Waals surface area contributed by atoms with E-state index in [-0.39, 0.29) is 11.5 Å². The molecule has 98 valence electrons. The van der Waals surface area contributed by atoms with Gasteiger partial charge < -0.3 is 15.7 Å². The van der Waals surface area contributed by atoms with Gasteiger partial charge in [-0.05, 0) is 25.8 Å². The van der Waals surface area contributed by atoms with Gasteiger partial charge in [0, 0.05) is 19.2 Å². The van der Waals surface area contributed by atoms with Crippen LogP contribution in [0.1, 0.15) is 19.8 Å². The molecule has 7 nitrogen and oxygen atoms in total. The van der Waals surface area contributed by atoms with Crippen LogP contribution in [0.25, 0.3) is 0 Å². The molecule has 1 aliphatic heterocycles. The SMILES string of the molecule is CC1(O)CCN(c2ccc([N+](=O)[O-])c(N)n2)CC1. The van der Waals surface area contributed by atoms with Gasteiger partial charge in [0.05, 0.1) is 10.5 Å². The zero-order chi connectivity index (χ0) is 13.3. The predicted octanol–water partition coefficient (Wildman–Crippen LogP) is 0.923. The topological polar surface area (TPSA) is 106 Å². The lowest BCUT2D eigenvalue weighted by Gasteiger charge is -2.36. The first-order valence-corrected chi connectivity index (χ1v) is 5.77. The summed E-state index contributed by atoms with van der Waals surface area (Å²) in [5.74, 6) is 0.545. The molecule has 1 aromatic rings. The molecule has 0 amide bonds. The summed E-state index contributed by atoms with van der Waals surface area (Å²) in [6, 6.07) is 2.96. The van der Waals surface area contributed by atoms with Gasteiger partial charge >= 0.3 is 5.69 Å². The predicted molar refractivity (Wildman–Crippen MR) is 67.4 cm³/mol. The summed E-state index contributed by atoms with van der Waals surface area (Å²) in [5.41, 5.74) is 4.74. The third-order valence-corrected chi connectivity index (χ3v) is 3.25. The molecule has 2 rings (SSSR count). The van der Waals surface area contributed by atoms with E-state index in [1.54, 1.807) is 6.07 Å². The van der Waals surface area contributed by atoms with E-state index < -0.39 is 10.5 Å². The van der Waals surface area contributed by atoms with Gasteiger partial charge in [0.2, 0.25) is 5.82 Å². The van der Waals surface area contributed by atoms with Crippen molar-refractivity contribution in [3.63, 3.8) is 0 Å². The lowest BCUT2D eigenvalue weighted by Crippen LogP contribution is -2.42. The average Bonchev–Trinajstić information content (AvgIpc) is 2.28. The molecule has 3 N–H and O–H groups in total. The number of nitrogen functional groups attached to an aromatic ring is 1. The molecule has 0 atom stereocenters. The van der Waals surface area contributed by atoms with Crippen LogP contribution in [-0.4, -0.2) is 33.7 Å². The van der Waals surface area contributed by atoms with Gasteiger partial charge in [-0.2, -0.15) is 0 Å². The van der Waals surface area contributed by atoms with Crippen molar-refractivity contribution in [1.82, 2.24) is 4.98 Å². The molecular formula is C11H16N4O3. The van der Waals surface area contributed by atoms with Crippen LogP contribution in [0.2, 0.25) is 0 Å². The Labute approximate surface area is 104 Å². The molecule has 0 radical (unpaired) electrons. The fraction of sp³-hybridized carbons (Fsp3) is 0.545. The van der Waals surface area contributed by atoms with Gasteiger partial charge in [0.15, 0.2) is 0 Å². The van der Waals surface area contributed by atoms with Crippen molar-refractivity contribution in [3.8, 4) is 0 Å². The van der Waals surface area contributed by atoms with Crippen molar-refractivity contribution in [2.75, 3.05) is 23.7 Å². The summed E-state index contributed by atoms with van der Waals surface area (Å²) < 4.78 is 0. The fourth-order valence-corrected chi connectivity index (χ4v) is 2.00. The molecule has 0 bridgehead atoms. The highest BCUT2D eigenvalue weighted by molar-refractivity contribution is 5.58. The van der Waals surface area contributed by atoms with E-state index in [4.69, 9.17) is 5.73 Å². The van der Waals surface area contributed by atoms with Crippen molar-refractivity contribution in [1.29, 1.82) is 0 Å². The van der Waals surface area contributed by atoms with E-state index >= 15 is 0 Å². The highest BCUT2D eigenvalue weighted by Crippen LogP contribution is 2.27.